The number of pyridine rings is 1. The largest absolute Gasteiger partial charge is 0.383 e. The standard InChI is InChI=1S/C13H10Cl2N2O/c14-9-6-10(13(16)17-7-9)12(18)5-8-3-1-2-4-11(8)15/h1-4,6-7H,5H2,(H2,16,17). The Morgan fingerprint density at radius 1 is 1.28 bits per heavy atom. The molecule has 0 spiro atoms. The second kappa shape index (κ2) is 5.38. The molecule has 2 N–H and O–H groups in total. The molecule has 0 saturated carbocycles. The summed E-state index contributed by atoms with van der Waals surface area (Å²) in [6.07, 6.45) is 1.58. The zero-order chi connectivity index (χ0) is 13.1. The summed E-state index contributed by atoms with van der Waals surface area (Å²) in [7, 11) is 0. The van der Waals surface area contributed by atoms with Gasteiger partial charge in [0.2, 0.25) is 0 Å². The van der Waals surface area contributed by atoms with Crippen molar-refractivity contribution in [2.45, 2.75) is 6.42 Å². The highest BCUT2D eigenvalue weighted by Gasteiger charge is 2.13. The summed E-state index contributed by atoms with van der Waals surface area (Å²) in [5.41, 5.74) is 6.73. The molecular weight excluding hydrogens is 271 g/mol. The van der Waals surface area contributed by atoms with Crippen molar-refractivity contribution >= 4 is 34.8 Å². The molecule has 5 heteroatoms. The topological polar surface area (TPSA) is 56.0 Å². The van der Waals surface area contributed by atoms with Gasteiger partial charge in [0, 0.05) is 17.6 Å². The van der Waals surface area contributed by atoms with Crippen LogP contribution in [0.15, 0.2) is 36.5 Å². The van der Waals surface area contributed by atoms with Crippen molar-refractivity contribution in [2.75, 3.05) is 5.73 Å². The van der Waals surface area contributed by atoms with E-state index in [9.17, 15) is 4.79 Å². The van der Waals surface area contributed by atoms with E-state index in [-0.39, 0.29) is 18.0 Å². The van der Waals surface area contributed by atoms with Crippen molar-refractivity contribution in [3.8, 4) is 0 Å². The van der Waals surface area contributed by atoms with Gasteiger partial charge in [-0.15, -0.1) is 0 Å². The van der Waals surface area contributed by atoms with Crippen LogP contribution in [0.5, 0.6) is 0 Å². The molecule has 0 saturated heterocycles. The zero-order valence-electron chi connectivity index (χ0n) is 9.36. The van der Waals surface area contributed by atoms with Gasteiger partial charge < -0.3 is 5.73 Å². The lowest BCUT2D eigenvalue weighted by Crippen LogP contribution is -2.08. The molecule has 1 aromatic heterocycles. The summed E-state index contributed by atoms with van der Waals surface area (Å²) in [4.78, 5) is 16.0. The van der Waals surface area contributed by atoms with E-state index in [4.69, 9.17) is 28.9 Å². The average Bonchev–Trinajstić information content (AvgIpc) is 2.35. The zero-order valence-corrected chi connectivity index (χ0v) is 10.9. The van der Waals surface area contributed by atoms with Crippen LogP contribution in [0.4, 0.5) is 5.82 Å². The van der Waals surface area contributed by atoms with Gasteiger partial charge in [-0.1, -0.05) is 41.4 Å². The third-order valence-corrected chi connectivity index (χ3v) is 3.07. The third-order valence-electron chi connectivity index (χ3n) is 2.49. The Morgan fingerprint density at radius 2 is 2.00 bits per heavy atom. The summed E-state index contributed by atoms with van der Waals surface area (Å²) in [6.45, 7) is 0. The first-order valence-corrected chi connectivity index (χ1v) is 6.01. The summed E-state index contributed by atoms with van der Waals surface area (Å²) in [5, 5.41) is 0.936. The molecule has 0 radical (unpaired) electrons. The maximum atomic E-state index is 12.1. The number of ketones is 1. The quantitative estimate of drug-likeness (QED) is 0.877. The molecule has 2 aromatic rings. The van der Waals surface area contributed by atoms with E-state index < -0.39 is 0 Å². The Balaban J connectivity index is 2.28. The second-order valence-electron chi connectivity index (χ2n) is 3.78. The number of nitrogen functional groups attached to an aromatic ring is 1. The summed E-state index contributed by atoms with van der Waals surface area (Å²) >= 11 is 11.8. The van der Waals surface area contributed by atoms with E-state index in [0.29, 0.717) is 15.6 Å². The number of rotatable bonds is 3. The maximum absolute atomic E-state index is 12.1. The second-order valence-corrected chi connectivity index (χ2v) is 4.62. The predicted molar refractivity (Wildman–Crippen MR) is 73.1 cm³/mol. The number of aromatic nitrogens is 1. The molecule has 0 aliphatic carbocycles. The van der Waals surface area contributed by atoms with Crippen LogP contribution in [0.3, 0.4) is 0 Å². The molecule has 1 aromatic carbocycles. The summed E-state index contributed by atoms with van der Waals surface area (Å²) in [6, 6.07) is 8.70. The predicted octanol–water partition coefficient (Wildman–Crippen LogP) is 3.40. The number of hydrogen-bond acceptors (Lipinski definition) is 3. The van der Waals surface area contributed by atoms with Gasteiger partial charge in [0.1, 0.15) is 5.82 Å². The van der Waals surface area contributed by atoms with E-state index in [1.54, 1.807) is 12.1 Å². The number of anilines is 1. The molecule has 92 valence electrons. The minimum Gasteiger partial charge on any atom is -0.383 e. The molecule has 0 amide bonds. The van der Waals surface area contributed by atoms with E-state index in [0.717, 1.165) is 5.56 Å². The normalized spacial score (nSPS) is 10.3. The van der Waals surface area contributed by atoms with Crippen LogP contribution in [0, 0.1) is 0 Å². The minimum absolute atomic E-state index is 0.157. The number of hydrogen-bond donors (Lipinski definition) is 1. The Hall–Kier alpha value is -1.58. The van der Waals surface area contributed by atoms with Crippen LogP contribution in [0.25, 0.3) is 0 Å². The van der Waals surface area contributed by atoms with Crippen molar-refractivity contribution in [3.63, 3.8) is 0 Å². The van der Waals surface area contributed by atoms with Gasteiger partial charge in [0.15, 0.2) is 5.78 Å². The number of halogens is 2. The van der Waals surface area contributed by atoms with Gasteiger partial charge in [0.05, 0.1) is 10.6 Å². The highest BCUT2D eigenvalue weighted by atomic mass is 35.5. The van der Waals surface area contributed by atoms with Crippen LogP contribution in [-0.2, 0) is 6.42 Å². The highest BCUT2D eigenvalue weighted by molar-refractivity contribution is 6.32. The fourth-order valence-corrected chi connectivity index (χ4v) is 1.94. The van der Waals surface area contributed by atoms with Gasteiger partial charge in [-0.3, -0.25) is 4.79 Å². The van der Waals surface area contributed by atoms with E-state index in [1.165, 1.54) is 12.3 Å². The van der Waals surface area contributed by atoms with Crippen molar-refractivity contribution in [1.29, 1.82) is 0 Å². The monoisotopic (exact) mass is 280 g/mol. The number of nitrogens with zero attached hydrogens (tertiary/aromatic N) is 1. The smallest absolute Gasteiger partial charge is 0.171 e. The first kappa shape index (κ1) is 12.9. The van der Waals surface area contributed by atoms with E-state index in [1.807, 2.05) is 12.1 Å². The van der Waals surface area contributed by atoms with Gasteiger partial charge in [-0.05, 0) is 17.7 Å². The third kappa shape index (κ3) is 2.81. The molecule has 0 atom stereocenters. The first-order valence-electron chi connectivity index (χ1n) is 5.25. The number of nitrogens with two attached hydrogens (primary N) is 1. The van der Waals surface area contributed by atoms with Crippen LogP contribution in [0.1, 0.15) is 15.9 Å². The average molecular weight is 281 g/mol. The number of Topliss-reactive ketones (excluding diaryl/α,β-unsaturated/α-hetero) is 1. The van der Waals surface area contributed by atoms with Crippen molar-refractivity contribution in [2.24, 2.45) is 0 Å². The molecule has 0 aliphatic heterocycles. The summed E-state index contributed by atoms with van der Waals surface area (Å²) < 4.78 is 0. The SMILES string of the molecule is Nc1ncc(Cl)cc1C(=O)Cc1ccccc1Cl. The van der Waals surface area contributed by atoms with Crippen molar-refractivity contribution in [1.82, 2.24) is 4.98 Å². The molecule has 1 heterocycles. The molecule has 0 unspecified atom stereocenters. The molecule has 0 bridgehead atoms. The van der Waals surface area contributed by atoms with Crippen LogP contribution >= 0.6 is 23.2 Å². The highest BCUT2D eigenvalue weighted by Crippen LogP contribution is 2.20. The Morgan fingerprint density at radius 3 is 2.72 bits per heavy atom. The molecule has 0 aliphatic rings. The fraction of sp³-hybridized carbons (Fsp3) is 0.0769. The van der Waals surface area contributed by atoms with E-state index >= 15 is 0 Å². The van der Waals surface area contributed by atoms with E-state index in [2.05, 4.69) is 4.98 Å². The fourth-order valence-electron chi connectivity index (χ4n) is 1.58. The first-order chi connectivity index (χ1) is 8.58. The molecule has 0 fully saturated rings. The van der Waals surface area contributed by atoms with Crippen molar-refractivity contribution in [3.05, 3.63) is 57.7 Å². The lowest BCUT2D eigenvalue weighted by molar-refractivity contribution is 0.0993. The van der Waals surface area contributed by atoms with Crippen LogP contribution in [-0.4, -0.2) is 10.8 Å². The van der Waals surface area contributed by atoms with Gasteiger partial charge >= 0.3 is 0 Å². The molecular formula is C13H10Cl2N2O. The lowest BCUT2D eigenvalue weighted by Gasteiger charge is -2.06. The Labute approximate surface area is 115 Å². The molecule has 18 heavy (non-hydrogen) atoms. The number of benzene rings is 1. The van der Waals surface area contributed by atoms with Gasteiger partial charge in [0.25, 0.3) is 0 Å². The van der Waals surface area contributed by atoms with Crippen LogP contribution < -0.4 is 5.73 Å². The van der Waals surface area contributed by atoms with Gasteiger partial charge in [-0.2, -0.15) is 0 Å². The molecule has 3 nitrogen and oxygen atoms in total. The Kier molecular flexibility index (Phi) is 3.84. The maximum Gasteiger partial charge on any atom is 0.171 e. The summed E-state index contributed by atoms with van der Waals surface area (Å²) in [5.74, 6) is 0.0204. The lowest BCUT2D eigenvalue weighted by atomic mass is 10.0. The van der Waals surface area contributed by atoms with Gasteiger partial charge in [-0.25, -0.2) is 4.98 Å². The minimum atomic E-state index is -0.157. The number of carbonyl (C=O) groups excluding carboxylic acids is 1. The van der Waals surface area contributed by atoms with Crippen LogP contribution in [0.2, 0.25) is 10.0 Å². The molecule has 2 rings (SSSR count). The Bertz CT molecular complexity index is 599. The number of carbonyl (C=O) groups is 1. The van der Waals surface area contributed by atoms with Crippen molar-refractivity contribution < 1.29 is 4.79 Å².